The van der Waals surface area contributed by atoms with Crippen LogP contribution >= 0.6 is 0 Å². The molecular weight excluding hydrogens is 243 g/mol. The van der Waals surface area contributed by atoms with Gasteiger partial charge in [-0.15, -0.1) is 0 Å². The van der Waals surface area contributed by atoms with Crippen LogP contribution in [0.4, 0.5) is 10.1 Å². The van der Waals surface area contributed by atoms with Gasteiger partial charge in [-0.05, 0) is 25.0 Å². The summed E-state index contributed by atoms with van der Waals surface area (Å²) in [6.45, 7) is 0. The minimum absolute atomic E-state index is 0.101. The van der Waals surface area contributed by atoms with Gasteiger partial charge in [0.15, 0.2) is 0 Å². The first-order chi connectivity index (χ1) is 9.15. The van der Waals surface area contributed by atoms with Crippen LogP contribution in [-0.2, 0) is 0 Å². The standard InChI is InChI=1S/C15H21FN2O/c1-17-14-12(9-6-10-13(14)16)15(19)18(2)11-7-4-3-5-8-11/h6,9-11,17H,3-5,7-8H2,1-2H3. The summed E-state index contributed by atoms with van der Waals surface area (Å²) in [7, 11) is 3.46. The lowest BCUT2D eigenvalue weighted by molar-refractivity contribution is 0.0697. The zero-order valence-corrected chi connectivity index (χ0v) is 11.6. The summed E-state index contributed by atoms with van der Waals surface area (Å²) in [6.07, 6.45) is 5.69. The van der Waals surface area contributed by atoms with E-state index >= 15 is 0 Å². The normalized spacial score (nSPS) is 16.2. The van der Waals surface area contributed by atoms with E-state index < -0.39 is 0 Å². The molecule has 1 aromatic carbocycles. The lowest BCUT2D eigenvalue weighted by Gasteiger charge is -2.31. The summed E-state index contributed by atoms with van der Waals surface area (Å²) in [5, 5.41) is 2.78. The molecule has 2 rings (SSSR count). The minimum atomic E-state index is -0.384. The van der Waals surface area contributed by atoms with Crippen molar-refractivity contribution in [1.82, 2.24) is 4.90 Å². The number of nitrogens with one attached hydrogen (secondary N) is 1. The van der Waals surface area contributed by atoms with E-state index in [1.54, 1.807) is 24.1 Å². The fourth-order valence-electron chi connectivity index (χ4n) is 2.78. The molecule has 4 heteroatoms. The van der Waals surface area contributed by atoms with Gasteiger partial charge in [0.1, 0.15) is 5.82 Å². The van der Waals surface area contributed by atoms with Gasteiger partial charge in [0.2, 0.25) is 0 Å². The molecule has 1 amide bonds. The van der Waals surface area contributed by atoms with Crippen LogP contribution in [0.3, 0.4) is 0 Å². The molecule has 104 valence electrons. The molecular formula is C15H21FN2O. The summed E-state index contributed by atoms with van der Waals surface area (Å²) in [5.74, 6) is -0.485. The van der Waals surface area contributed by atoms with Crippen molar-refractivity contribution in [3.63, 3.8) is 0 Å². The molecule has 0 spiro atoms. The van der Waals surface area contributed by atoms with Crippen molar-refractivity contribution in [3.05, 3.63) is 29.6 Å². The van der Waals surface area contributed by atoms with Crippen LogP contribution in [-0.4, -0.2) is 30.9 Å². The molecule has 19 heavy (non-hydrogen) atoms. The van der Waals surface area contributed by atoms with Crippen LogP contribution in [0.15, 0.2) is 18.2 Å². The second-order valence-electron chi connectivity index (χ2n) is 5.12. The molecule has 0 radical (unpaired) electrons. The Labute approximate surface area is 113 Å². The second-order valence-corrected chi connectivity index (χ2v) is 5.12. The van der Waals surface area contributed by atoms with E-state index in [4.69, 9.17) is 0 Å². The number of amides is 1. The summed E-state index contributed by atoms with van der Waals surface area (Å²) >= 11 is 0. The smallest absolute Gasteiger partial charge is 0.256 e. The van der Waals surface area contributed by atoms with Crippen molar-refractivity contribution in [2.45, 2.75) is 38.1 Å². The fraction of sp³-hybridized carbons (Fsp3) is 0.533. The first-order valence-corrected chi connectivity index (χ1v) is 6.88. The molecule has 0 saturated heterocycles. The van der Waals surface area contributed by atoms with Crippen LogP contribution in [0, 0.1) is 5.82 Å². The first kappa shape index (κ1) is 13.8. The molecule has 0 atom stereocenters. The van der Waals surface area contributed by atoms with Crippen LogP contribution < -0.4 is 5.32 Å². The highest BCUT2D eigenvalue weighted by atomic mass is 19.1. The number of hydrogen-bond acceptors (Lipinski definition) is 2. The van der Waals surface area contributed by atoms with E-state index in [0.717, 1.165) is 12.8 Å². The Morgan fingerprint density at radius 3 is 2.63 bits per heavy atom. The highest BCUT2D eigenvalue weighted by Gasteiger charge is 2.25. The lowest BCUT2D eigenvalue weighted by Crippen LogP contribution is -2.38. The number of halogens is 1. The molecule has 0 bridgehead atoms. The fourth-order valence-corrected chi connectivity index (χ4v) is 2.78. The van der Waals surface area contributed by atoms with Crippen LogP contribution in [0.1, 0.15) is 42.5 Å². The average molecular weight is 264 g/mol. The SMILES string of the molecule is CNc1c(F)cccc1C(=O)N(C)C1CCCCC1. The van der Waals surface area contributed by atoms with Crippen LogP contribution in [0.2, 0.25) is 0 Å². The van der Waals surface area contributed by atoms with Gasteiger partial charge in [0, 0.05) is 20.1 Å². The van der Waals surface area contributed by atoms with Crippen LogP contribution in [0.5, 0.6) is 0 Å². The van der Waals surface area contributed by atoms with E-state index in [-0.39, 0.29) is 23.5 Å². The predicted molar refractivity (Wildman–Crippen MR) is 74.9 cm³/mol. The number of carbonyl (C=O) groups is 1. The number of hydrogen-bond donors (Lipinski definition) is 1. The number of para-hydroxylation sites is 1. The minimum Gasteiger partial charge on any atom is -0.385 e. The van der Waals surface area contributed by atoms with Gasteiger partial charge in [-0.3, -0.25) is 4.79 Å². The zero-order valence-electron chi connectivity index (χ0n) is 11.6. The predicted octanol–water partition coefficient (Wildman–Crippen LogP) is 3.27. The van der Waals surface area contributed by atoms with Gasteiger partial charge >= 0.3 is 0 Å². The maximum atomic E-state index is 13.7. The van der Waals surface area contributed by atoms with E-state index in [1.807, 2.05) is 7.05 Å². The summed E-state index contributed by atoms with van der Waals surface area (Å²) in [5.41, 5.74) is 0.700. The molecule has 1 aliphatic rings. The summed E-state index contributed by atoms with van der Waals surface area (Å²) < 4.78 is 13.7. The van der Waals surface area contributed by atoms with Crippen molar-refractivity contribution in [2.24, 2.45) is 0 Å². The summed E-state index contributed by atoms with van der Waals surface area (Å²) in [6, 6.07) is 4.91. The van der Waals surface area contributed by atoms with Crippen molar-refractivity contribution >= 4 is 11.6 Å². The average Bonchev–Trinajstić information content (AvgIpc) is 2.46. The van der Waals surface area contributed by atoms with E-state index in [2.05, 4.69) is 5.32 Å². The Morgan fingerprint density at radius 2 is 2.00 bits per heavy atom. The lowest BCUT2D eigenvalue weighted by atomic mass is 9.94. The first-order valence-electron chi connectivity index (χ1n) is 6.88. The molecule has 3 nitrogen and oxygen atoms in total. The topological polar surface area (TPSA) is 32.3 Å². The Bertz CT molecular complexity index is 455. The number of anilines is 1. The number of rotatable bonds is 3. The molecule has 1 aromatic rings. The molecule has 1 saturated carbocycles. The zero-order chi connectivity index (χ0) is 13.8. The van der Waals surface area contributed by atoms with E-state index in [0.29, 0.717) is 5.56 Å². The monoisotopic (exact) mass is 264 g/mol. The Balaban J connectivity index is 2.21. The van der Waals surface area contributed by atoms with Gasteiger partial charge in [0.05, 0.1) is 11.3 Å². The van der Waals surface area contributed by atoms with Crippen LogP contribution in [0.25, 0.3) is 0 Å². The third-order valence-electron chi connectivity index (χ3n) is 3.94. The number of nitrogens with zero attached hydrogens (tertiary/aromatic N) is 1. The molecule has 1 aliphatic carbocycles. The molecule has 1 fully saturated rings. The maximum Gasteiger partial charge on any atom is 0.256 e. The van der Waals surface area contributed by atoms with Crippen molar-refractivity contribution in [2.75, 3.05) is 19.4 Å². The highest BCUT2D eigenvalue weighted by Crippen LogP contribution is 2.25. The van der Waals surface area contributed by atoms with E-state index in [9.17, 15) is 9.18 Å². The number of benzene rings is 1. The Hall–Kier alpha value is -1.58. The van der Waals surface area contributed by atoms with E-state index in [1.165, 1.54) is 25.3 Å². The van der Waals surface area contributed by atoms with Gasteiger partial charge in [-0.2, -0.15) is 0 Å². The van der Waals surface area contributed by atoms with Gasteiger partial charge in [-0.1, -0.05) is 25.3 Å². The Kier molecular flexibility index (Phi) is 4.40. The third-order valence-corrected chi connectivity index (χ3v) is 3.94. The largest absolute Gasteiger partial charge is 0.385 e. The highest BCUT2D eigenvalue weighted by molar-refractivity contribution is 5.99. The van der Waals surface area contributed by atoms with Gasteiger partial charge < -0.3 is 10.2 Å². The van der Waals surface area contributed by atoms with Crippen molar-refractivity contribution < 1.29 is 9.18 Å². The molecule has 1 N–H and O–H groups in total. The Morgan fingerprint density at radius 1 is 1.32 bits per heavy atom. The summed E-state index contributed by atoms with van der Waals surface area (Å²) in [4.78, 5) is 14.3. The molecule has 0 heterocycles. The van der Waals surface area contributed by atoms with Gasteiger partial charge in [0.25, 0.3) is 5.91 Å². The second kappa shape index (κ2) is 6.04. The van der Waals surface area contributed by atoms with Crippen molar-refractivity contribution in [3.8, 4) is 0 Å². The molecule has 0 aromatic heterocycles. The van der Waals surface area contributed by atoms with Gasteiger partial charge in [-0.25, -0.2) is 4.39 Å². The molecule has 0 aliphatic heterocycles. The third kappa shape index (κ3) is 2.88. The quantitative estimate of drug-likeness (QED) is 0.908. The number of carbonyl (C=O) groups excluding carboxylic acids is 1. The maximum absolute atomic E-state index is 13.7. The van der Waals surface area contributed by atoms with Crippen molar-refractivity contribution in [1.29, 1.82) is 0 Å². The molecule has 0 unspecified atom stereocenters.